The van der Waals surface area contributed by atoms with Gasteiger partial charge in [0.1, 0.15) is 0 Å². The highest BCUT2D eigenvalue weighted by Gasteiger charge is 1.94. The van der Waals surface area contributed by atoms with Crippen molar-refractivity contribution in [1.29, 1.82) is 0 Å². The number of nitrogens with zero attached hydrogens (tertiary/aromatic N) is 1. The highest BCUT2D eigenvalue weighted by Crippen LogP contribution is 1.94. The fourth-order valence-corrected chi connectivity index (χ4v) is 0.968. The quantitative estimate of drug-likeness (QED) is 0.611. The molecule has 0 aliphatic carbocycles. The highest BCUT2D eigenvalue weighted by molar-refractivity contribution is 4.49. The maximum absolute atomic E-state index is 2.42. The molecule has 0 fully saturated rings. The molecule has 0 amide bonds. The van der Waals surface area contributed by atoms with Crippen molar-refractivity contribution in [3.63, 3.8) is 0 Å². The molecule has 0 atom stereocenters. The van der Waals surface area contributed by atoms with Gasteiger partial charge in [-0.1, -0.05) is 54.4 Å². The zero-order chi connectivity index (χ0) is 11.8. The molecule has 0 unspecified atom stereocenters. The van der Waals surface area contributed by atoms with Crippen molar-refractivity contribution in [2.24, 2.45) is 0 Å². The second kappa shape index (κ2) is 23.1. The van der Waals surface area contributed by atoms with Gasteiger partial charge in [-0.25, -0.2) is 0 Å². The van der Waals surface area contributed by atoms with Crippen molar-refractivity contribution in [3.8, 4) is 0 Å². The molecule has 0 heterocycles. The standard InChI is InChI=1S/C9H21N.2C2H6/c1-4-6-8-10(3)9-7-5-2;2*1-2/h4-9H2,1-3H3;2*1-2H3. The molecule has 0 bridgehead atoms. The van der Waals surface area contributed by atoms with Crippen LogP contribution in [0.5, 0.6) is 0 Å². The van der Waals surface area contributed by atoms with Gasteiger partial charge in [-0.15, -0.1) is 0 Å². The van der Waals surface area contributed by atoms with Crippen LogP contribution in [0.25, 0.3) is 0 Å². The van der Waals surface area contributed by atoms with Gasteiger partial charge >= 0.3 is 0 Å². The van der Waals surface area contributed by atoms with Crippen molar-refractivity contribution in [2.45, 2.75) is 67.2 Å². The first-order chi connectivity index (χ1) is 6.81. The van der Waals surface area contributed by atoms with E-state index in [2.05, 4.69) is 25.8 Å². The average molecular weight is 203 g/mol. The third kappa shape index (κ3) is 22.7. The van der Waals surface area contributed by atoms with Crippen LogP contribution in [0.3, 0.4) is 0 Å². The molecule has 0 saturated heterocycles. The van der Waals surface area contributed by atoms with Crippen LogP contribution in [0, 0.1) is 0 Å². The lowest BCUT2D eigenvalue weighted by atomic mass is 10.3. The first-order valence-electron chi connectivity index (χ1n) is 6.49. The number of rotatable bonds is 6. The zero-order valence-corrected chi connectivity index (χ0v) is 11.7. The summed E-state index contributed by atoms with van der Waals surface area (Å²) in [5.74, 6) is 0. The maximum atomic E-state index is 2.42. The average Bonchev–Trinajstić information content (AvgIpc) is 2.29. The molecule has 14 heavy (non-hydrogen) atoms. The number of hydrogen-bond donors (Lipinski definition) is 0. The molecule has 1 nitrogen and oxygen atoms in total. The first kappa shape index (κ1) is 19.5. The summed E-state index contributed by atoms with van der Waals surface area (Å²) in [6.07, 6.45) is 5.33. The smallest absolute Gasteiger partial charge is 0.00219 e. The molecule has 0 aromatic heterocycles. The Hall–Kier alpha value is -0.0400. The molecule has 0 rings (SSSR count). The van der Waals surface area contributed by atoms with Crippen molar-refractivity contribution < 1.29 is 0 Å². The highest BCUT2D eigenvalue weighted by atomic mass is 15.1. The van der Waals surface area contributed by atoms with E-state index in [4.69, 9.17) is 0 Å². The third-order valence-corrected chi connectivity index (χ3v) is 1.79. The molecular weight excluding hydrogens is 170 g/mol. The van der Waals surface area contributed by atoms with Crippen molar-refractivity contribution in [3.05, 3.63) is 0 Å². The van der Waals surface area contributed by atoms with Crippen LogP contribution in [0.2, 0.25) is 0 Å². The molecule has 0 aromatic rings. The van der Waals surface area contributed by atoms with Crippen LogP contribution in [-0.2, 0) is 0 Å². The van der Waals surface area contributed by atoms with Gasteiger partial charge in [-0.3, -0.25) is 0 Å². The molecule has 1 heteroatoms. The van der Waals surface area contributed by atoms with Gasteiger partial charge in [0.25, 0.3) is 0 Å². The molecule has 90 valence electrons. The summed E-state index contributed by atoms with van der Waals surface area (Å²) in [6, 6.07) is 0. The molecule has 0 spiro atoms. The lowest BCUT2D eigenvalue weighted by molar-refractivity contribution is 0.322. The largest absolute Gasteiger partial charge is 0.306 e. The number of hydrogen-bond acceptors (Lipinski definition) is 1. The van der Waals surface area contributed by atoms with Gasteiger partial charge in [0.2, 0.25) is 0 Å². The Balaban J connectivity index is -0.000000266. The van der Waals surface area contributed by atoms with E-state index in [9.17, 15) is 0 Å². The minimum Gasteiger partial charge on any atom is -0.306 e. The molecule has 0 saturated carbocycles. The summed E-state index contributed by atoms with van der Waals surface area (Å²) in [7, 11) is 2.21. The third-order valence-electron chi connectivity index (χ3n) is 1.79. The molecule has 0 aliphatic heterocycles. The van der Waals surface area contributed by atoms with Gasteiger partial charge in [0.05, 0.1) is 0 Å². The lowest BCUT2D eigenvalue weighted by Gasteiger charge is -2.14. The van der Waals surface area contributed by atoms with E-state index in [1.165, 1.54) is 38.8 Å². The van der Waals surface area contributed by atoms with E-state index in [-0.39, 0.29) is 0 Å². The first-order valence-corrected chi connectivity index (χ1v) is 6.49. The molecule has 0 radical (unpaired) electrons. The van der Waals surface area contributed by atoms with Gasteiger partial charge < -0.3 is 4.90 Å². The van der Waals surface area contributed by atoms with Gasteiger partial charge in [-0.05, 0) is 33.0 Å². The van der Waals surface area contributed by atoms with E-state index in [1.807, 2.05) is 27.7 Å². The van der Waals surface area contributed by atoms with E-state index in [0.717, 1.165) is 0 Å². The minimum absolute atomic E-state index is 1.27. The molecule has 0 aliphatic rings. The Morgan fingerprint density at radius 2 is 1.00 bits per heavy atom. The van der Waals surface area contributed by atoms with Crippen LogP contribution >= 0.6 is 0 Å². The fourth-order valence-electron chi connectivity index (χ4n) is 0.968. The lowest BCUT2D eigenvalue weighted by Crippen LogP contribution is -2.20. The monoisotopic (exact) mass is 203 g/mol. The van der Waals surface area contributed by atoms with Crippen molar-refractivity contribution in [1.82, 2.24) is 4.90 Å². The van der Waals surface area contributed by atoms with Crippen LogP contribution in [0.4, 0.5) is 0 Å². The molecule has 0 N–H and O–H groups in total. The summed E-state index contributed by atoms with van der Waals surface area (Å²) in [5, 5.41) is 0. The summed E-state index contributed by atoms with van der Waals surface area (Å²) in [5.41, 5.74) is 0. The Bertz CT molecular complexity index is 54.3. The summed E-state index contributed by atoms with van der Waals surface area (Å²) in [4.78, 5) is 2.42. The summed E-state index contributed by atoms with van der Waals surface area (Å²) in [6.45, 7) is 15.0. The fraction of sp³-hybridized carbons (Fsp3) is 1.00. The van der Waals surface area contributed by atoms with Crippen LogP contribution in [-0.4, -0.2) is 25.0 Å². The van der Waals surface area contributed by atoms with Crippen molar-refractivity contribution >= 4 is 0 Å². The van der Waals surface area contributed by atoms with Crippen LogP contribution < -0.4 is 0 Å². The minimum atomic E-state index is 1.27. The van der Waals surface area contributed by atoms with E-state index in [1.54, 1.807) is 0 Å². The zero-order valence-electron chi connectivity index (χ0n) is 11.7. The number of unbranched alkanes of at least 4 members (excludes halogenated alkanes) is 2. The van der Waals surface area contributed by atoms with Crippen LogP contribution in [0.15, 0.2) is 0 Å². The Labute approximate surface area is 92.9 Å². The van der Waals surface area contributed by atoms with Gasteiger partial charge in [0.15, 0.2) is 0 Å². The summed E-state index contributed by atoms with van der Waals surface area (Å²) >= 11 is 0. The van der Waals surface area contributed by atoms with E-state index < -0.39 is 0 Å². The van der Waals surface area contributed by atoms with Gasteiger partial charge in [-0.2, -0.15) is 0 Å². The SMILES string of the molecule is CC.CC.CCCCN(C)CCCC. The maximum Gasteiger partial charge on any atom is -0.00219 e. The van der Waals surface area contributed by atoms with Crippen LogP contribution in [0.1, 0.15) is 67.2 Å². The molecule has 0 aromatic carbocycles. The second-order valence-electron chi connectivity index (χ2n) is 3.01. The Morgan fingerprint density at radius 3 is 1.21 bits per heavy atom. The Morgan fingerprint density at radius 1 is 0.714 bits per heavy atom. The van der Waals surface area contributed by atoms with E-state index >= 15 is 0 Å². The summed E-state index contributed by atoms with van der Waals surface area (Å²) < 4.78 is 0. The van der Waals surface area contributed by atoms with E-state index in [0.29, 0.717) is 0 Å². The Kier molecular flexibility index (Phi) is 32.2. The predicted molar refractivity (Wildman–Crippen MR) is 70.0 cm³/mol. The topological polar surface area (TPSA) is 3.24 Å². The predicted octanol–water partition coefficient (Wildman–Crippen LogP) is 4.57. The second-order valence-corrected chi connectivity index (χ2v) is 3.01. The van der Waals surface area contributed by atoms with Gasteiger partial charge in [0, 0.05) is 0 Å². The van der Waals surface area contributed by atoms with Crippen molar-refractivity contribution in [2.75, 3.05) is 20.1 Å². The molecular formula is C13H33N. The normalized spacial score (nSPS) is 8.57.